The molecule has 0 aromatic heterocycles. The Bertz CT molecular complexity index is 385. The number of nitrogens with one attached hydrogen (secondary N) is 2. The lowest BCUT2D eigenvalue weighted by atomic mass is 9.62. The van der Waals surface area contributed by atoms with Crippen LogP contribution in [0.5, 0.6) is 0 Å². The van der Waals surface area contributed by atoms with Crippen LogP contribution in [0.3, 0.4) is 0 Å². The SMILES string of the molecule is CCCC(=O)NCC1(C)CC(NC(=O)O)CC(C)(C)C1.CCN. The van der Waals surface area contributed by atoms with Gasteiger partial charge in [0.25, 0.3) is 0 Å². The molecule has 23 heavy (non-hydrogen) atoms. The first-order chi connectivity index (χ1) is 10.6. The molecule has 0 aromatic carbocycles. The van der Waals surface area contributed by atoms with Crippen LogP contribution in [0.15, 0.2) is 0 Å². The predicted octanol–water partition coefficient (Wildman–Crippen LogP) is 2.72. The number of hydrogen-bond donors (Lipinski definition) is 4. The minimum Gasteiger partial charge on any atom is -0.465 e. The quantitative estimate of drug-likeness (QED) is 0.622. The molecule has 0 bridgehead atoms. The van der Waals surface area contributed by atoms with Crippen molar-refractivity contribution in [1.82, 2.24) is 10.6 Å². The predicted molar refractivity (Wildman–Crippen MR) is 93.3 cm³/mol. The van der Waals surface area contributed by atoms with Crippen molar-refractivity contribution in [2.75, 3.05) is 13.1 Å². The van der Waals surface area contributed by atoms with Crippen molar-refractivity contribution in [2.24, 2.45) is 16.6 Å². The van der Waals surface area contributed by atoms with E-state index in [2.05, 4.69) is 31.4 Å². The highest BCUT2D eigenvalue weighted by molar-refractivity contribution is 5.75. The van der Waals surface area contributed by atoms with Gasteiger partial charge in [0.1, 0.15) is 0 Å². The molecule has 136 valence electrons. The van der Waals surface area contributed by atoms with Crippen molar-refractivity contribution in [3.05, 3.63) is 0 Å². The van der Waals surface area contributed by atoms with E-state index in [9.17, 15) is 9.59 Å². The van der Waals surface area contributed by atoms with Gasteiger partial charge in [0.15, 0.2) is 0 Å². The first kappa shape index (κ1) is 21.7. The van der Waals surface area contributed by atoms with Gasteiger partial charge in [0, 0.05) is 19.0 Å². The third-order valence-corrected chi connectivity index (χ3v) is 3.96. The van der Waals surface area contributed by atoms with E-state index in [1.807, 2.05) is 13.8 Å². The van der Waals surface area contributed by atoms with Gasteiger partial charge in [-0.2, -0.15) is 0 Å². The molecule has 0 spiro atoms. The summed E-state index contributed by atoms with van der Waals surface area (Å²) in [5.41, 5.74) is 4.87. The first-order valence-corrected chi connectivity index (χ1v) is 8.53. The minimum absolute atomic E-state index is 0.0377. The Morgan fingerprint density at radius 1 is 1.22 bits per heavy atom. The molecule has 5 N–H and O–H groups in total. The number of carbonyl (C=O) groups is 2. The number of carbonyl (C=O) groups excluding carboxylic acids is 1. The smallest absolute Gasteiger partial charge is 0.404 e. The zero-order valence-corrected chi connectivity index (χ0v) is 15.4. The molecule has 0 radical (unpaired) electrons. The molecule has 0 saturated heterocycles. The van der Waals surface area contributed by atoms with Gasteiger partial charge in [-0.05, 0) is 43.1 Å². The van der Waals surface area contributed by atoms with E-state index in [1.165, 1.54) is 0 Å². The largest absolute Gasteiger partial charge is 0.465 e. The van der Waals surface area contributed by atoms with Crippen LogP contribution >= 0.6 is 0 Å². The molecule has 1 saturated carbocycles. The third kappa shape index (κ3) is 9.43. The van der Waals surface area contributed by atoms with Crippen LogP contribution in [0.4, 0.5) is 4.79 Å². The summed E-state index contributed by atoms with van der Waals surface area (Å²) in [7, 11) is 0. The molecule has 0 heterocycles. The number of rotatable bonds is 5. The summed E-state index contributed by atoms with van der Waals surface area (Å²) in [6, 6.07) is -0.0377. The van der Waals surface area contributed by atoms with Crippen LogP contribution in [0.1, 0.15) is 66.7 Å². The topological polar surface area (TPSA) is 104 Å². The molecule has 6 heteroatoms. The van der Waals surface area contributed by atoms with Crippen LogP contribution in [-0.2, 0) is 4.79 Å². The van der Waals surface area contributed by atoms with Crippen molar-refractivity contribution in [2.45, 2.75) is 72.8 Å². The van der Waals surface area contributed by atoms with Crippen molar-refractivity contribution in [1.29, 1.82) is 0 Å². The molecule has 1 aliphatic carbocycles. The Labute approximate surface area is 140 Å². The zero-order valence-electron chi connectivity index (χ0n) is 15.4. The number of nitrogens with two attached hydrogens (primary N) is 1. The van der Waals surface area contributed by atoms with Crippen LogP contribution in [0.2, 0.25) is 0 Å². The average molecular weight is 329 g/mol. The average Bonchev–Trinajstić information content (AvgIpc) is 2.34. The molecule has 6 nitrogen and oxygen atoms in total. The second kappa shape index (κ2) is 9.75. The molecule has 2 amide bonds. The molecule has 1 rings (SSSR count). The van der Waals surface area contributed by atoms with Crippen molar-refractivity contribution >= 4 is 12.0 Å². The molecular formula is C17H35N3O3. The highest BCUT2D eigenvalue weighted by Gasteiger charge is 2.41. The molecule has 1 fully saturated rings. The van der Waals surface area contributed by atoms with Crippen LogP contribution in [-0.4, -0.2) is 36.2 Å². The van der Waals surface area contributed by atoms with Gasteiger partial charge in [-0.3, -0.25) is 4.79 Å². The fraction of sp³-hybridized carbons (Fsp3) is 0.882. The molecule has 2 atom stereocenters. The normalized spacial score (nSPS) is 25.7. The monoisotopic (exact) mass is 329 g/mol. The number of amides is 2. The standard InChI is InChI=1S/C15H28N2O3.C2H7N/c1-5-6-12(18)16-10-15(4)8-11(17-13(19)20)7-14(2,3)9-15;1-2-3/h11,17H,5-10H2,1-4H3,(H,16,18)(H,19,20);2-3H2,1H3. The Hall–Kier alpha value is -1.30. The first-order valence-electron chi connectivity index (χ1n) is 8.53. The van der Waals surface area contributed by atoms with Gasteiger partial charge < -0.3 is 21.5 Å². The molecule has 2 unspecified atom stereocenters. The van der Waals surface area contributed by atoms with E-state index in [-0.39, 0.29) is 22.8 Å². The molecule has 0 aromatic rings. The summed E-state index contributed by atoms with van der Waals surface area (Å²) in [5, 5.41) is 14.5. The molecule has 0 aliphatic heterocycles. The molecular weight excluding hydrogens is 294 g/mol. The van der Waals surface area contributed by atoms with E-state index < -0.39 is 6.09 Å². The Morgan fingerprint density at radius 2 is 1.78 bits per heavy atom. The lowest BCUT2D eigenvalue weighted by Crippen LogP contribution is -2.50. The highest BCUT2D eigenvalue weighted by Crippen LogP contribution is 2.45. The fourth-order valence-electron chi connectivity index (χ4n) is 3.67. The molecule has 1 aliphatic rings. The van der Waals surface area contributed by atoms with Crippen molar-refractivity contribution in [3.63, 3.8) is 0 Å². The fourth-order valence-corrected chi connectivity index (χ4v) is 3.67. The summed E-state index contributed by atoms with van der Waals surface area (Å²) in [6.07, 6.45) is 3.04. The van der Waals surface area contributed by atoms with Gasteiger partial charge >= 0.3 is 6.09 Å². The summed E-state index contributed by atoms with van der Waals surface area (Å²) in [5.74, 6) is 0.0832. The van der Waals surface area contributed by atoms with Gasteiger partial charge in [-0.25, -0.2) is 4.79 Å². The van der Waals surface area contributed by atoms with Crippen LogP contribution < -0.4 is 16.4 Å². The van der Waals surface area contributed by atoms with E-state index >= 15 is 0 Å². The highest BCUT2D eigenvalue weighted by atomic mass is 16.4. The van der Waals surface area contributed by atoms with E-state index in [4.69, 9.17) is 10.8 Å². The van der Waals surface area contributed by atoms with Gasteiger partial charge in [0.2, 0.25) is 5.91 Å². The van der Waals surface area contributed by atoms with Crippen molar-refractivity contribution in [3.8, 4) is 0 Å². The maximum absolute atomic E-state index is 11.6. The summed E-state index contributed by atoms with van der Waals surface area (Å²) in [4.78, 5) is 22.5. The van der Waals surface area contributed by atoms with E-state index in [1.54, 1.807) is 0 Å². The Morgan fingerprint density at radius 3 is 2.26 bits per heavy atom. The van der Waals surface area contributed by atoms with Gasteiger partial charge in [0.05, 0.1) is 0 Å². The van der Waals surface area contributed by atoms with Gasteiger partial charge in [-0.1, -0.05) is 34.6 Å². The summed E-state index contributed by atoms with van der Waals surface area (Å²) >= 11 is 0. The Kier molecular flexibility index (Phi) is 9.20. The number of hydrogen-bond acceptors (Lipinski definition) is 3. The Balaban J connectivity index is 0.00000149. The third-order valence-electron chi connectivity index (χ3n) is 3.96. The zero-order chi connectivity index (χ0) is 18.1. The van der Waals surface area contributed by atoms with Crippen LogP contribution in [0, 0.1) is 10.8 Å². The maximum atomic E-state index is 11.6. The summed E-state index contributed by atoms with van der Waals surface area (Å²) < 4.78 is 0. The van der Waals surface area contributed by atoms with E-state index in [0.717, 1.165) is 32.2 Å². The summed E-state index contributed by atoms with van der Waals surface area (Å²) in [6.45, 7) is 11.7. The van der Waals surface area contributed by atoms with Crippen molar-refractivity contribution < 1.29 is 14.7 Å². The minimum atomic E-state index is -0.968. The van der Waals surface area contributed by atoms with Gasteiger partial charge in [-0.15, -0.1) is 0 Å². The lowest BCUT2D eigenvalue weighted by Gasteiger charge is -2.46. The second-order valence-corrected chi connectivity index (χ2v) is 7.64. The maximum Gasteiger partial charge on any atom is 0.404 e. The lowest BCUT2D eigenvalue weighted by molar-refractivity contribution is -0.122. The van der Waals surface area contributed by atoms with Crippen LogP contribution in [0.25, 0.3) is 0 Å². The van der Waals surface area contributed by atoms with E-state index in [0.29, 0.717) is 13.0 Å². The number of carboxylic acid groups (broad SMARTS) is 1. The second-order valence-electron chi connectivity index (χ2n) is 7.64.